The van der Waals surface area contributed by atoms with Crippen LogP contribution in [0.1, 0.15) is 31.0 Å². The number of alkyl halides is 2. The van der Waals surface area contributed by atoms with Crippen LogP contribution in [0.5, 0.6) is 5.75 Å². The first kappa shape index (κ1) is 20.8. The molecule has 0 aromatic heterocycles. The molecular weight excluding hydrogens is 350 g/mol. The molecule has 2 aromatic carbocycles. The van der Waals surface area contributed by atoms with E-state index in [1.165, 1.54) is 12.1 Å². The minimum absolute atomic E-state index is 0.0748. The van der Waals surface area contributed by atoms with Crippen LogP contribution in [-0.2, 0) is 11.2 Å². The zero-order valence-electron chi connectivity index (χ0n) is 15.6. The van der Waals surface area contributed by atoms with Crippen LogP contribution in [-0.4, -0.2) is 25.6 Å². The summed E-state index contributed by atoms with van der Waals surface area (Å²) in [6, 6.07) is 16.6. The average Bonchev–Trinajstić information content (AvgIpc) is 2.63. The number of ether oxygens (including phenoxy) is 1. The van der Waals surface area contributed by atoms with Gasteiger partial charge in [-0.3, -0.25) is 4.79 Å². The molecule has 146 valence electrons. The van der Waals surface area contributed by atoms with Gasteiger partial charge in [-0.15, -0.1) is 0 Å². The lowest BCUT2D eigenvalue weighted by Crippen LogP contribution is -2.38. The van der Waals surface area contributed by atoms with Gasteiger partial charge in [0.05, 0.1) is 6.54 Å². The molecule has 27 heavy (non-hydrogen) atoms. The molecule has 0 heterocycles. The van der Waals surface area contributed by atoms with E-state index in [-0.39, 0.29) is 24.2 Å². The Labute approximate surface area is 158 Å². The van der Waals surface area contributed by atoms with Crippen molar-refractivity contribution in [3.05, 3.63) is 65.7 Å². The number of carbonyl (C=O) groups excluding carboxylic acids is 1. The third kappa shape index (κ3) is 7.35. The molecule has 0 aliphatic rings. The third-order valence-electron chi connectivity index (χ3n) is 4.19. The van der Waals surface area contributed by atoms with Crippen molar-refractivity contribution in [1.29, 1.82) is 0 Å². The highest BCUT2D eigenvalue weighted by molar-refractivity contribution is 5.78. The number of amides is 1. The van der Waals surface area contributed by atoms with Gasteiger partial charge in [0.15, 0.2) is 0 Å². The van der Waals surface area contributed by atoms with Crippen molar-refractivity contribution in [2.45, 2.75) is 32.9 Å². The van der Waals surface area contributed by atoms with Gasteiger partial charge in [0.2, 0.25) is 5.91 Å². The van der Waals surface area contributed by atoms with Crippen LogP contribution in [0.4, 0.5) is 8.78 Å². The monoisotopic (exact) mass is 376 g/mol. The summed E-state index contributed by atoms with van der Waals surface area (Å²) in [4.78, 5) is 12.1. The van der Waals surface area contributed by atoms with E-state index < -0.39 is 6.61 Å². The van der Waals surface area contributed by atoms with Crippen LogP contribution >= 0.6 is 0 Å². The fourth-order valence-corrected chi connectivity index (χ4v) is 2.85. The van der Waals surface area contributed by atoms with E-state index in [0.717, 1.165) is 11.1 Å². The summed E-state index contributed by atoms with van der Waals surface area (Å²) in [5, 5.41) is 6.18. The molecular formula is C21H26F2N2O2. The second-order valence-corrected chi connectivity index (χ2v) is 6.64. The Morgan fingerprint density at radius 1 is 1.04 bits per heavy atom. The zero-order chi connectivity index (χ0) is 19.6. The van der Waals surface area contributed by atoms with E-state index >= 15 is 0 Å². The van der Waals surface area contributed by atoms with Crippen molar-refractivity contribution in [3.8, 4) is 5.75 Å². The predicted octanol–water partition coefficient (Wildman–Crippen LogP) is 3.93. The average molecular weight is 376 g/mol. The third-order valence-corrected chi connectivity index (χ3v) is 4.19. The molecule has 0 spiro atoms. The maximum absolute atomic E-state index is 12.1. The Hall–Kier alpha value is -2.47. The van der Waals surface area contributed by atoms with E-state index in [2.05, 4.69) is 41.4 Å². The second kappa shape index (κ2) is 10.6. The topological polar surface area (TPSA) is 50.4 Å². The molecule has 0 bridgehead atoms. The molecule has 0 radical (unpaired) electrons. The van der Waals surface area contributed by atoms with Crippen LogP contribution in [0, 0.1) is 5.92 Å². The van der Waals surface area contributed by atoms with Crippen LogP contribution in [0.25, 0.3) is 0 Å². The van der Waals surface area contributed by atoms with Crippen molar-refractivity contribution in [2.75, 3.05) is 13.1 Å². The van der Waals surface area contributed by atoms with E-state index in [1.54, 1.807) is 12.1 Å². The molecule has 0 aliphatic carbocycles. The molecule has 4 nitrogen and oxygen atoms in total. The van der Waals surface area contributed by atoms with E-state index in [4.69, 9.17) is 0 Å². The molecule has 2 aromatic rings. The molecule has 1 amide bonds. The number of carbonyl (C=O) groups is 1. The molecule has 6 heteroatoms. The molecule has 1 atom stereocenters. The highest BCUT2D eigenvalue weighted by Crippen LogP contribution is 2.20. The van der Waals surface area contributed by atoms with Crippen molar-refractivity contribution in [2.24, 2.45) is 5.92 Å². The first-order valence-corrected chi connectivity index (χ1v) is 9.04. The van der Waals surface area contributed by atoms with Gasteiger partial charge < -0.3 is 15.4 Å². The molecule has 0 aliphatic heterocycles. The Kier molecular flexibility index (Phi) is 8.20. The second-order valence-electron chi connectivity index (χ2n) is 6.64. The predicted molar refractivity (Wildman–Crippen MR) is 102 cm³/mol. The van der Waals surface area contributed by atoms with Crippen LogP contribution in [0.3, 0.4) is 0 Å². The summed E-state index contributed by atoms with van der Waals surface area (Å²) in [6.07, 6.45) is 0.618. The molecule has 0 saturated heterocycles. The lowest BCUT2D eigenvalue weighted by Gasteiger charge is -2.22. The maximum Gasteiger partial charge on any atom is 0.387 e. The number of nitrogens with one attached hydrogen (secondary N) is 2. The van der Waals surface area contributed by atoms with E-state index in [9.17, 15) is 13.6 Å². The SMILES string of the molecule is CC(C)[C@H](NCC(=O)NCCc1ccc(OC(F)F)cc1)c1ccccc1. The van der Waals surface area contributed by atoms with Crippen LogP contribution in [0.15, 0.2) is 54.6 Å². The van der Waals surface area contributed by atoms with Gasteiger partial charge in [-0.05, 0) is 35.6 Å². The number of hydrogen-bond donors (Lipinski definition) is 2. The largest absolute Gasteiger partial charge is 0.435 e. The molecule has 0 fully saturated rings. The summed E-state index contributed by atoms with van der Waals surface area (Å²) in [6.45, 7) is 2.12. The van der Waals surface area contributed by atoms with E-state index in [1.807, 2.05) is 18.2 Å². The number of benzene rings is 2. The zero-order valence-corrected chi connectivity index (χ0v) is 15.6. The van der Waals surface area contributed by atoms with Crippen LogP contribution < -0.4 is 15.4 Å². The highest BCUT2D eigenvalue weighted by atomic mass is 19.3. The van der Waals surface area contributed by atoms with Gasteiger partial charge in [0.25, 0.3) is 0 Å². The lowest BCUT2D eigenvalue weighted by atomic mass is 9.96. The molecule has 0 unspecified atom stereocenters. The first-order valence-electron chi connectivity index (χ1n) is 9.04. The van der Waals surface area contributed by atoms with Gasteiger partial charge >= 0.3 is 6.61 Å². The highest BCUT2D eigenvalue weighted by Gasteiger charge is 2.16. The maximum atomic E-state index is 12.1. The Bertz CT molecular complexity index is 691. The Morgan fingerprint density at radius 2 is 1.70 bits per heavy atom. The summed E-state index contributed by atoms with van der Waals surface area (Å²) < 4.78 is 28.6. The van der Waals surface area contributed by atoms with Crippen molar-refractivity contribution < 1.29 is 18.3 Å². The van der Waals surface area contributed by atoms with Gasteiger partial charge in [0.1, 0.15) is 5.75 Å². The standard InChI is InChI=1S/C21H26F2N2O2/c1-15(2)20(17-6-4-3-5-7-17)25-14-19(26)24-13-12-16-8-10-18(11-9-16)27-21(22)23/h3-11,15,20-21,25H,12-14H2,1-2H3,(H,24,26)/t20-/m0/s1. The van der Waals surface area contributed by atoms with E-state index in [0.29, 0.717) is 18.9 Å². The fourth-order valence-electron chi connectivity index (χ4n) is 2.85. The number of halogens is 2. The summed E-state index contributed by atoms with van der Waals surface area (Å²) in [5.74, 6) is 0.408. The Balaban J connectivity index is 1.74. The Morgan fingerprint density at radius 3 is 2.30 bits per heavy atom. The smallest absolute Gasteiger partial charge is 0.387 e. The lowest BCUT2D eigenvalue weighted by molar-refractivity contribution is -0.120. The molecule has 2 rings (SSSR count). The number of rotatable bonds is 10. The van der Waals surface area contributed by atoms with Gasteiger partial charge in [-0.1, -0.05) is 56.3 Å². The van der Waals surface area contributed by atoms with Crippen molar-refractivity contribution in [3.63, 3.8) is 0 Å². The minimum atomic E-state index is -2.83. The fraction of sp³-hybridized carbons (Fsp3) is 0.381. The van der Waals surface area contributed by atoms with Gasteiger partial charge in [0, 0.05) is 12.6 Å². The van der Waals surface area contributed by atoms with Gasteiger partial charge in [-0.25, -0.2) is 0 Å². The molecule has 0 saturated carbocycles. The minimum Gasteiger partial charge on any atom is -0.435 e. The van der Waals surface area contributed by atoms with Gasteiger partial charge in [-0.2, -0.15) is 8.78 Å². The normalized spacial score (nSPS) is 12.2. The summed E-state index contributed by atoms with van der Waals surface area (Å²) >= 11 is 0. The summed E-state index contributed by atoms with van der Waals surface area (Å²) in [7, 11) is 0. The summed E-state index contributed by atoms with van der Waals surface area (Å²) in [5.41, 5.74) is 2.10. The van der Waals surface area contributed by atoms with Crippen LogP contribution in [0.2, 0.25) is 0 Å². The first-order chi connectivity index (χ1) is 13.0. The quantitative estimate of drug-likeness (QED) is 0.661. The molecule has 2 N–H and O–H groups in total. The van der Waals surface area contributed by atoms with Crippen molar-refractivity contribution >= 4 is 5.91 Å². The van der Waals surface area contributed by atoms with Crippen molar-refractivity contribution in [1.82, 2.24) is 10.6 Å². The number of hydrogen-bond acceptors (Lipinski definition) is 3.